The average molecular weight is 236 g/mol. The molecule has 0 fully saturated rings. The molecular formula is C12H20N4O. The number of anilines is 1. The zero-order valence-corrected chi connectivity index (χ0v) is 10.7. The van der Waals surface area contributed by atoms with Crippen LogP contribution in [0.5, 0.6) is 0 Å². The molecule has 0 unspecified atom stereocenters. The number of nitrogens with zero attached hydrogens (tertiary/aromatic N) is 2. The number of rotatable bonds is 5. The van der Waals surface area contributed by atoms with E-state index < -0.39 is 0 Å². The minimum Gasteiger partial charge on any atom is -0.339 e. The lowest BCUT2D eigenvalue weighted by Crippen LogP contribution is -2.32. The minimum absolute atomic E-state index is 0.0326. The van der Waals surface area contributed by atoms with E-state index in [0.717, 1.165) is 18.7 Å². The number of carbonyl (C=O) groups excluding carboxylic acids is 1. The fourth-order valence-electron chi connectivity index (χ4n) is 1.69. The fraction of sp³-hybridized carbons (Fsp3) is 0.500. The molecule has 0 aromatic carbocycles. The minimum atomic E-state index is -0.0326. The van der Waals surface area contributed by atoms with Crippen LogP contribution in [-0.2, 0) is 0 Å². The van der Waals surface area contributed by atoms with Crippen molar-refractivity contribution in [3.63, 3.8) is 0 Å². The van der Waals surface area contributed by atoms with Crippen LogP contribution in [0.4, 0.5) is 5.69 Å². The Morgan fingerprint density at radius 1 is 1.53 bits per heavy atom. The van der Waals surface area contributed by atoms with E-state index in [1.165, 1.54) is 0 Å². The van der Waals surface area contributed by atoms with Gasteiger partial charge in [0.2, 0.25) is 0 Å². The van der Waals surface area contributed by atoms with E-state index in [0.29, 0.717) is 17.8 Å². The Labute approximate surface area is 102 Å². The lowest BCUT2D eigenvalue weighted by molar-refractivity contribution is 0.0765. The quantitative estimate of drug-likeness (QED) is 0.601. The predicted molar refractivity (Wildman–Crippen MR) is 68.7 cm³/mol. The molecule has 17 heavy (non-hydrogen) atoms. The molecule has 1 aromatic rings. The standard InChI is InChI=1S/C12H20N4O/c1-4-6-16(5-2)12(17)10-8-14-9(3)7-11(10)15-13/h7-8H,4-6,13H2,1-3H3,(H,14,15). The molecule has 0 spiro atoms. The van der Waals surface area contributed by atoms with E-state index in [1.54, 1.807) is 17.2 Å². The van der Waals surface area contributed by atoms with Crippen molar-refractivity contribution in [1.29, 1.82) is 0 Å². The molecule has 0 saturated carbocycles. The molecule has 0 aliphatic heterocycles. The Morgan fingerprint density at radius 2 is 2.24 bits per heavy atom. The summed E-state index contributed by atoms with van der Waals surface area (Å²) in [5.41, 5.74) is 4.52. The van der Waals surface area contributed by atoms with E-state index in [4.69, 9.17) is 5.84 Å². The van der Waals surface area contributed by atoms with Gasteiger partial charge in [-0.2, -0.15) is 0 Å². The highest BCUT2D eigenvalue weighted by Gasteiger charge is 2.17. The second kappa shape index (κ2) is 6.20. The second-order valence-electron chi connectivity index (χ2n) is 3.90. The first-order valence-electron chi connectivity index (χ1n) is 5.86. The fourth-order valence-corrected chi connectivity index (χ4v) is 1.69. The van der Waals surface area contributed by atoms with Gasteiger partial charge in [-0.15, -0.1) is 0 Å². The van der Waals surface area contributed by atoms with Crippen LogP contribution in [0.25, 0.3) is 0 Å². The molecule has 1 aromatic heterocycles. The first-order valence-corrected chi connectivity index (χ1v) is 5.86. The zero-order chi connectivity index (χ0) is 12.8. The highest BCUT2D eigenvalue weighted by Crippen LogP contribution is 2.16. The third kappa shape index (κ3) is 3.17. The summed E-state index contributed by atoms with van der Waals surface area (Å²) in [4.78, 5) is 18.2. The summed E-state index contributed by atoms with van der Waals surface area (Å²) in [7, 11) is 0. The Balaban J connectivity index is 3.02. The van der Waals surface area contributed by atoms with Crippen molar-refractivity contribution in [2.45, 2.75) is 27.2 Å². The van der Waals surface area contributed by atoms with Crippen LogP contribution < -0.4 is 11.3 Å². The topological polar surface area (TPSA) is 71.2 Å². The molecule has 0 saturated heterocycles. The molecule has 0 radical (unpaired) electrons. The average Bonchev–Trinajstić information content (AvgIpc) is 2.34. The molecule has 5 nitrogen and oxygen atoms in total. The van der Waals surface area contributed by atoms with Crippen LogP contribution in [0.1, 0.15) is 36.3 Å². The Bertz CT molecular complexity index is 392. The number of carbonyl (C=O) groups is 1. The van der Waals surface area contributed by atoms with Crippen molar-refractivity contribution < 1.29 is 4.79 Å². The third-order valence-corrected chi connectivity index (χ3v) is 2.59. The Hall–Kier alpha value is -1.62. The second-order valence-corrected chi connectivity index (χ2v) is 3.90. The first kappa shape index (κ1) is 13.4. The number of nitrogens with two attached hydrogens (primary N) is 1. The van der Waals surface area contributed by atoms with Crippen molar-refractivity contribution in [3.8, 4) is 0 Å². The number of amides is 1. The maximum absolute atomic E-state index is 12.2. The number of nitrogens with one attached hydrogen (secondary N) is 1. The number of hydrogen-bond donors (Lipinski definition) is 2. The maximum Gasteiger partial charge on any atom is 0.257 e. The molecule has 0 bridgehead atoms. The van der Waals surface area contributed by atoms with E-state index >= 15 is 0 Å². The van der Waals surface area contributed by atoms with Crippen molar-refractivity contribution in [1.82, 2.24) is 9.88 Å². The maximum atomic E-state index is 12.2. The van der Waals surface area contributed by atoms with Crippen LogP contribution in [0.2, 0.25) is 0 Å². The van der Waals surface area contributed by atoms with Gasteiger partial charge in [0.25, 0.3) is 5.91 Å². The summed E-state index contributed by atoms with van der Waals surface area (Å²) in [6.45, 7) is 7.30. The van der Waals surface area contributed by atoms with E-state index in [9.17, 15) is 4.79 Å². The predicted octanol–water partition coefficient (Wildman–Crippen LogP) is 1.55. The van der Waals surface area contributed by atoms with Crippen LogP contribution in [0.15, 0.2) is 12.3 Å². The van der Waals surface area contributed by atoms with E-state index in [2.05, 4.69) is 10.4 Å². The molecule has 0 atom stereocenters. The summed E-state index contributed by atoms with van der Waals surface area (Å²) in [5, 5.41) is 0. The van der Waals surface area contributed by atoms with Crippen LogP contribution in [-0.4, -0.2) is 28.9 Å². The van der Waals surface area contributed by atoms with Crippen LogP contribution in [0, 0.1) is 6.92 Å². The molecule has 0 aliphatic carbocycles. The lowest BCUT2D eigenvalue weighted by Gasteiger charge is -2.21. The Kier molecular flexibility index (Phi) is 4.90. The highest BCUT2D eigenvalue weighted by atomic mass is 16.2. The number of aryl methyl sites for hydroxylation is 1. The van der Waals surface area contributed by atoms with Gasteiger partial charge in [0.1, 0.15) is 0 Å². The SMILES string of the molecule is CCCN(CC)C(=O)c1cnc(C)cc1NN. The summed E-state index contributed by atoms with van der Waals surface area (Å²) in [6, 6.07) is 1.77. The van der Waals surface area contributed by atoms with E-state index in [1.807, 2.05) is 20.8 Å². The summed E-state index contributed by atoms with van der Waals surface area (Å²) in [5.74, 6) is 5.39. The molecule has 5 heteroatoms. The van der Waals surface area contributed by atoms with Gasteiger partial charge in [-0.05, 0) is 26.3 Å². The molecule has 94 valence electrons. The zero-order valence-electron chi connectivity index (χ0n) is 10.7. The van der Waals surface area contributed by atoms with E-state index in [-0.39, 0.29) is 5.91 Å². The molecular weight excluding hydrogens is 216 g/mol. The largest absolute Gasteiger partial charge is 0.339 e. The lowest BCUT2D eigenvalue weighted by atomic mass is 10.2. The van der Waals surface area contributed by atoms with Crippen molar-refractivity contribution in [2.75, 3.05) is 18.5 Å². The van der Waals surface area contributed by atoms with Crippen LogP contribution >= 0.6 is 0 Å². The normalized spacial score (nSPS) is 10.1. The summed E-state index contributed by atoms with van der Waals surface area (Å²) < 4.78 is 0. The van der Waals surface area contributed by atoms with Gasteiger partial charge in [-0.1, -0.05) is 6.92 Å². The van der Waals surface area contributed by atoms with Crippen molar-refractivity contribution >= 4 is 11.6 Å². The van der Waals surface area contributed by atoms with Gasteiger partial charge in [-0.25, -0.2) is 0 Å². The molecule has 1 amide bonds. The van der Waals surface area contributed by atoms with Gasteiger partial charge in [0, 0.05) is 25.0 Å². The molecule has 0 aliphatic rings. The number of hydrogen-bond acceptors (Lipinski definition) is 4. The molecule has 1 rings (SSSR count). The number of hydrazine groups is 1. The first-order chi connectivity index (χ1) is 8.13. The molecule has 1 heterocycles. The van der Waals surface area contributed by atoms with Gasteiger partial charge in [0.15, 0.2) is 0 Å². The van der Waals surface area contributed by atoms with Crippen LogP contribution in [0.3, 0.4) is 0 Å². The monoisotopic (exact) mass is 236 g/mol. The Morgan fingerprint density at radius 3 is 2.76 bits per heavy atom. The number of pyridine rings is 1. The smallest absolute Gasteiger partial charge is 0.257 e. The summed E-state index contributed by atoms with van der Waals surface area (Å²) in [6.07, 6.45) is 2.51. The van der Waals surface area contributed by atoms with Gasteiger partial charge in [-0.3, -0.25) is 15.6 Å². The number of aromatic nitrogens is 1. The highest BCUT2D eigenvalue weighted by molar-refractivity contribution is 5.99. The third-order valence-electron chi connectivity index (χ3n) is 2.59. The van der Waals surface area contributed by atoms with Gasteiger partial charge < -0.3 is 10.3 Å². The molecule has 3 N–H and O–H groups in total. The summed E-state index contributed by atoms with van der Waals surface area (Å²) >= 11 is 0. The van der Waals surface area contributed by atoms with Gasteiger partial charge >= 0.3 is 0 Å². The number of nitrogen functional groups attached to an aromatic ring is 1. The van der Waals surface area contributed by atoms with Gasteiger partial charge in [0.05, 0.1) is 11.3 Å². The van der Waals surface area contributed by atoms with Crippen molar-refractivity contribution in [3.05, 3.63) is 23.5 Å². The van der Waals surface area contributed by atoms with Crippen molar-refractivity contribution in [2.24, 2.45) is 5.84 Å².